The van der Waals surface area contributed by atoms with Crippen LogP contribution in [0, 0.1) is 0 Å². The van der Waals surface area contributed by atoms with Gasteiger partial charge in [-0.2, -0.15) is 0 Å². The minimum atomic E-state index is 0.691. The molecule has 1 fully saturated rings. The number of nitrogens with two attached hydrogens (primary N) is 1. The molecular weight excluding hydrogens is 116 g/mol. The zero-order valence-electron chi connectivity index (χ0n) is 5.68. The van der Waals surface area contributed by atoms with Gasteiger partial charge in [0.1, 0.15) is 0 Å². The van der Waals surface area contributed by atoms with Crippen LogP contribution in [0.5, 0.6) is 0 Å². The maximum Gasteiger partial charge on any atom is 0.0691 e. The largest absolute Gasteiger partial charge is 0.305 e. The molecule has 1 aliphatic rings. The molecule has 9 heavy (non-hydrogen) atoms. The second-order valence-corrected chi connectivity index (χ2v) is 2.42. The summed E-state index contributed by atoms with van der Waals surface area (Å²) >= 11 is 0. The SMILES string of the molecule is NOCCCN1CCC1. The van der Waals surface area contributed by atoms with Crippen molar-refractivity contribution in [3.05, 3.63) is 0 Å². The molecule has 1 aliphatic heterocycles. The Bertz CT molecular complexity index is 73.5. The molecule has 1 heterocycles. The molecule has 3 heteroatoms. The van der Waals surface area contributed by atoms with Crippen LogP contribution in [0.2, 0.25) is 0 Å². The van der Waals surface area contributed by atoms with E-state index in [0.717, 1.165) is 13.0 Å². The molecule has 0 amide bonds. The second kappa shape index (κ2) is 3.82. The first-order valence-corrected chi connectivity index (χ1v) is 3.47. The Kier molecular flexibility index (Phi) is 2.97. The highest BCUT2D eigenvalue weighted by molar-refractivity contribution is 4.67. The Morgan fingerprint density at radius 2 is 2.22 bits per heavy atom. The molecule has 1 saturated heterocycles. The van der Waals surface area contributed by atoms with Gasteiger partial charge in [0.15, 0.2) is 0 Å². The summed E-state index contributed by atoms with van der Waals surface area (Å²) in [6, 6.07) is 0. The standard InChI is InChI=1S/C6H14N2O/c7-9-6-2-5-8-3-1-4-8/h1-7H2. The third-order valence-electron chi connectivity index (χ3n) is 1.69. The Balaban J connectivity index is 1.80. The van der Waals surface area contributed by atoms with E-state index in [1.165, 1.54) is 19.5 Å². The number of rotatable bonds is 4. The summed E-state index contributed by atoms with van der Waals surface area (Å²) in [5.74, 6) is 4.86. The van der Waals surface area contributed by atoms with Crippen molar-refractivity contribution in [2.24, 2.45) is 5.90 Å². The van der Waals surface area contributed by atoms with Crippen molar-refractivity contribution in [3.8, 4) is 0 Å². The lowest BCUT2D eigenvalue weighted by Crippen LogP contribution is -2.38. The van der Waals surface area contributed by atoms with E-state index in [0.29, 0.717) is 6.61 Å². The van der Waals surface area contributed by atoms with Crippen LogP contribution in [0.4, 0.5) is 0 Å². The molecule has 0 atom stereocenters. The average Bonchev–Trinajstić information content (AvgIpc) is 1.76. The average molecular weight is 130 g/mol. The maximum absolute atomic E-state index is 4.86. The molecule has 1 rings (SSSR count). The summed E-state index contributed by atoms with van der Waals surface area (Å²) < 4.78 is 0. The molecule has 3 nitrogen and oxygen atoms in total. The van der Waals surface area contributed by atoms with E-state index < -0.39 is 0 Å². The first-order valence-electron chi connectivity index (χ1n) is 3.47. The lowest BCUT2D eigenvalue weighted by atomic mass is 10.2. The molecule has 0 radical (unpaired) electrons. The normalized spacial score (nSPS) is 19.7. The van der Waals surface area contributed by atoms with Gasteiger partial charge in [0.25, 0.3) is 0 Å². The highest BCUT2D eigenvalue weighted by atomic mass is 16.6. The van der Waals surface area contributed by atoms with Gasteiger partial charge in [0.05, 0.1) is 6.61 Å². The predicted molar refractivity (Wildman–Crippen MR) is 35.8 cm³/mol. The summed E-state index contributed by atoms with van der Waals surface area (Å²) in [5, 5.41) is 0. The van der Waals surface area contributed by atoms with E-state index in [2.05, 4.69) is 9.74 Å². The van der Waals surface area contributed by atoms with Crippen LogP contribution in [-0.4, -0.2) is 31.1 Å². The van der Waals surface area contributed by atoms with Gasteiger partial charge in [-0.05, 0) is 25.9 Å². The minimum Gasteiger partial charge on any atom is -0.305 e. The zero-order chi connectivity index (χ0) is 6.53. The number of nitrogens with zero attached hydrogens (tertiary/aromatic N) is 1. The lowest BCUT2D eigenvalue weighted by Gasteiger charge is -2.30. The number of hydrogen-bond acceptors (Lipinski definition) is 3. The fourth-order valence-electron chi connectivity index (χ4n) is 0.977. The molecule has 0 aliphatic carbocycles. The van der Waals surface area contributed by atoms with E-state index in [-0.39, 0.29) is 0 Å². The quantitative estimate of drug-likeness (QED) is 0.429. The summed E-state index contributed by atoms with van der Waals surface area (Å²) in [6.07, 6.45) is 2.43. The predicted octanol–water partition coefficient (Wildman–Crippen LogP) is -0.0275. The van der Waals surface area contributed by atoms with Gasteiger partial charge in [-0.1, -0.05) is 0 Å². The molecule has 2 N–H and O–H groups in total. The molecule has 0 spiro atoms. The van der Waals surface area contributed by atoms with Crippen LogP contribution in [-0.2, 0) is 4.84 Å². The van der Waals surface area contributed by atoms with Gasteiger partial charge < -0.3 is 9.74 Å². The van der Waals surface area contributed by atoms with E-state index in [4.69, 9.17) is 5.90 Å². The van der Waals surface area contributed by atoms with Crippen molar-refractivity contribution < 1.29 is 4.84 Å². The molecule has 0 aromatic heterocycles. The first-order chi connectivity index (χ1) is 4.43. The van der Waals surface area contributed by atoms with E-state index in [1.807, 2.05) is 0 Å². The van der Waals surface area contributed by atoms with Gasteiger partial charge in [-0.15, -0.1) is 0 Å². The summed E-state index contributed by atoms with van der Waals surface area (Å²) in [5.41, 5.74) is 0. The Hall–Kier alpha value is -0.120. The van der Waals surface area contributed by atoms with Crippen LogP contribution in [0.15, 0.2) is 0 Å². The van der Waals surface area contributed by atoms with Crippen LogP contribution in [0.25, 0.3) is 0 Å². The van der Waals surface area contributed by atoms with Crippen LogP contribution in [0.3, 0.4) is 0 Å². The van der Waals surface area contributed by atoms with Crippen molar-refractivity contribution in [3.63, 3.8) is 0 Å². The molecule has 0 saturated carbocycles. The molecular formula is C6H14N2O. The van der Waals surface area contributed by atoms with Crippen molar-refractivity contribution in [2.45, 2.75) is 12.8 Å². The lowest BCUT2D eigenvalue weighted by molar-refractivity contribution is 0.109. The highest BCUT2D eigenvalue weighted by Gasteiger charge is 2.11. The van der Waals surface area contributed by atoms with E-state index in [1.54, 1.807) is 0 Å². The monoisotopic (exact) mass is 130 g/mol. The fourth-order valence-corrected chi connectivity index (χ4v) is 0.977. The van der Waals surface area contributed by atoms with E-state index in [9.17, 15) is 0 Å². The van der Waals surface area contributed by atoms with Crippen LogP contribution in [0.1, 0.15) is 12.8 Å². The summed E-state index contributed by atoms with van der Waals surface area (Å²) in [4.78, 5) is 6.84. The van der Waals surface area contributed by atoms with Gasteiger partial charge in [0, 0.05) is 6.54 Å². The third-order valence-corrected chi connectivity index (χ3v) is 1.69. The fraction of sp³-hybridized carbons (Fsp3) is 1.00. The molecule has 0 bridgehead atoms. The Morgan fingerprint density at radius 1 is 1.44 bits per heavy atom. The van der Waals surface area contributed by atoms with Gasteiger partial charge in [-0.3, -0.25) is 0 Å². The van der Waals surface area contributed by atoms with Crippen LogP contribution < -0.4 is 5.90 Å². The molecule has 54 valence electrons. The second-order valence-electron chi connectivity index (χ2n) is 2.42. The highest BCUT2D eigenvalue weighted by Crippen LogP contribution is 2.04. The Morgan fingerprint density at radius 3 is 2.67 bits per heavy atom. The summed E-state index contributed by atoms with van der Waals surface area (Å²) in [6.45, 7) is 4.38. The van der Waals surface area contributed by atoms with Crippen molar-refractivity contribution in [2.75, 3.05) is 26.2 Å². The van der Waals surface area contributed by atoms with Crippen molar-refractivity contribution in [1.29, 1.82) is 0 Å². The third kappa shape index (κ3) is 2.30. The summed E-state index contributed by atoms with van der Waals surface area (Å²) in [7, 11) is 0. The molecule has 0 unspecified atom stereocenters. The van der Waals surface area contributed by atoms with Crippen molar-refractivity contribution >= 4 is 0 Å². The van der Waals surface area contributed by atoms with Gasteiger partial charge in [-0.25, -0.2) is 5.90 Å². The number of likely N-dealkylation sites (tertiary alicyclic amines) is 1. The molecule has 0 aromatic rings. The van der Waals surface area contributed by atoms with Gasteiger partial charge >= 0.3 is 0 Å². The topological polar surface area (TPSA) is 38.5 Å². The smallest absolute Gasteiger partial charge is 0.0691 e. The van der Waals surface area contributed by atoms with Gasteiger partial charge in [0.2, 0.25) is 0 Å². The number of hydrogen-bond donors (Lipinski definition) is 1. The van der Waals surface area contributed by atoms with Crippen molar-refractivity contribution in [1.82, 2.24) is 4.90 Å². The molecule has 0 aromatic carbocycles. The maximum atomic E-state index is 4.86. The van der Waals surface area contributed by atoms with Crippen LogP contribution >= 0.6 is 0 Å². The van der Waals surface area contributed by atoms with E-state index >= 15 is 0 Å². The Labute approximate surface area is 55.7 Å². The zero-order valence-corrected chi connectivity index (χ0v) is 5.68. The minimum absolute atomic E-state index is 0.691. The first kappa shape index (κ1) is 6.99.